The molecule has 18 heavy (non-hydrogen) atoms. The number of anilines is 1. The van der Waals surface area contributed by atoms with Crippen molar-refractivity contribution in [2.75, 3.05) is 5.32 Å². The fourth-order valence-corrected chi connectivity index (χ4v) is 2.84. The smallest absolute Gasteiger partial charge is 0.0491 e. The molecule has 0 aliphatic carbocycles. The first-order valence-electron chi connectivity index (χ1n) is 5.85. The summed E-state index contributed by atoms with van der Waals surface area (Å²) in [7, 11) is 0. The first kappa shape index (κ1) is 13.9. The lowest BCUT2D eigenvalue weighted by Gasteiger charge is -2.19. The van der Waals surface area contributed by atoms with Gasteiger partial charge in [0.05, 0.1) is 0 Å². The number of hydrogen-bond donors (Lipinski definition) is 1. The van der Waals surface area contributed by atoms with Crippen LogP contribution in [-0.4, -0.2) is 0 Å². The van der Waals surface area contributed by atoms with E-state index in [-0.39, 0.29) is 0 Å². The highest BCUT2D eigenvalue weighted by molar-refractivity contribution is 14.1. The van der Waals surface area contributed by atoms with E-state index in [2.05, 4.69) is 100 Å². The van der Waals surface area contributed by atoms with Gasteiger partial charge >= 0.3 is 0 Å². The summed E-state index contributed by atoms with van der Waals surface area (Å²) in [6.07, 6.45) is 0. The maximum absolute atomic E-state index is 3.57. The van der Waals surface area contributed by atoms with Gasteiger partial charge in [0, 0.05) is 19.8 Å². The molecule has 3 heteroatoms. The number of halogens is 2. The van der Waals surface area contributed by atoms with Crippen LogP contribution in [0.25, 0.3) is 0 Å². The van der Waals surface area contributed by atoms with Crippen LogP contribution in [0, 0.1) is 10.5 Å². The Balaban J connectivity index is 2.24. The van der Waals surface area contributed by atoms with Crippen LogP contribution < -0.4 is 5.32 Å². The Morgan fingerprint density at radius 3 is 2.61 bits per heavy atom. The van der Waals surface area contributed by atoms with Crippen molar-refractivity contribution >= 4 is 44.2 Å². The number of hydrogen-bond acceptors (Lipinski definition) is 1. The minimum absolute atomic E-state index is 0.300. The maximum atomic E-state index is 3.57. The van der Waals surface area contributed by atoms with Gasteiger partial charge in [-0.25, -0.2) is 0 Å². The summed E-state index contributed by atoms with van der Waals surface area (Å²) < 4.78 is 2.33. The van der Waals surface area contributed by atoms with Crippen LogP contribution >= 0.6 is 38.5 Å². The molecule has 0 aromatic heterocycles. The molecule has 2 aromatic rings. The fraction of sp³-hybridized carbons (Fsp3) is 0.200. The Labute approximate surface area is 130 Å². The van der Waals surface area contributed by atoms with Crippen LogP contribution in [0.5, 0.6) is 0 Å². The SMILES string of the molecule is Cc1ccccc1C(C)Nc1cc(Br)ccc1I. The van der Waals surface area contributed by atoms with Crippen LogP contribution in [0.15, 0.2) is 46.9 Å². The predicted molar refractivity (Wildman–Crippen MR) is 90.1 cm³/mol. The molecule has 0 fully saturated rings. The summed E-state index contributed by atoms with van der Waals surface area (Å²) in [5.74, 6) is 0. The maximum Gasteiger partial charge on any atom is 0.0491 e. The van der Waals surface area contributed by atoms with Crippen molar-refractivity contribution in [3.05, 3.63) is 61.6 Å². The van der Waals surface area contributed by atoms with Gasteiger partial charge in [0.25, 0.3) is 0 Å². The second kappa shape index (κ2) is 6.06. The molecule has 0 spiro atoms. The lowest BCUT2D eigenvalue weighted by Crippen LogP contribution is -2.09. The van der Waals surface area contributed by atoms with E-state index in [0.717, 1.165) is 4.47 Å². The van der Waals surface area contributed by atoms with Crippen molar-refractivity contribution in [3.63, 3.8) is 0 Å². The largest absolute Gasteiger partial charge is 0.378 e. The molecule has 0 saturated heterocycles. The van der Waals surface area contributed by atoms with Gasteiger partial charge in [-0.2, -0.15) is 0 Å². The van der Waals surface area contributed by atoms with Gasteiger partial charge in [-0.3, -0.25) is 0 Å². The third-order valence-electron chi connectivity index (χ3n) is 2.96. The van der Waals surface area contributed by atoms with Gasteiger partial charge in [0.2, 0.25) is 0 Å². The number of rotatable bonds is 3. The number of nitrogens with one attached hydrogen (secondary N) is 1. The van der Waals surface area contributed by atoms with Crippen LogP contribution in [-0.2, 0) is 0 Å². The molecule has 1 nitrogen and oxygen atoms in total. The summed E-state index contributed by atoms with van der Waals surface area (Å²) in [5.41, 5.74) is 3.83. The molecular formula is C15H15BrIN. The van der Waals surface area contributed by atoms with Gasteiger partial charge < -0.3 is 5.32 Å². The topological polar surface area (TPSA) is 12.0 Å². The zero-order valence-corrected chi connectivity index (χ0v) is 14.1. The zero-order valence-electron chi connectivity index (χ0n) is 10.4. The molecule has 2 rings (SSSR count). The molecule has 0 heterocycles. The average Bonchev–Trinajstić information content (AvgIpc) is 2.34. The third kappa shape index (κ3) is 3.26. The lowest BCUT2D eigenvalue weighted by atomic mass is 10.0. The monoisotopic (exact) mass is 415 g/mol. The predicted octanol–water partition coefficient (Wildman–Crippen LogP) is 5.54. The highest BCUT2D eigenvalue weighted by Gasteiger charge is 2.09. The van der Waals surface area contributed by atoms with E-state index in [1.54, 1.807) is 0 Å². The second-order valence-corrected chi connectivity index (χ2v) is 6.42. The van der Waals surface area contributed by atoms with Gasteiger partial charge in [0.15, 0.2) is 0 Å². The van der Waals surface area contributed by atoms with Crippen molar-refractivity contribution in [3.8, 4) is 0 Å². The summed E-state index contributed by atoms with van der Waals surface area (Å²) in [6.45, 7) is 4.35. The third-order valence-corrected chi connectivity index (χ3v) is 4.39. The number of benzene rings is 2. The Hall–Kier alpha value is -0.550. The average molecular weight is 416 g/mol. The van der Waals surface area contributed by atoms with Crippen molar-refractivity contribution in [1.29, 1.82) is 0 Å². The zero-order chi connectivity index (χ0) is 13.1. The van der Waals surface area contributed by atoms with Gasteiger partial charge in [-0.15, -0.1) is 0 Å². The standard InChI is InChI=1S/C15H15BrIN/c1-10-5-3-4-6-13(10)11(2)18-15-9-12(16)7-8-14(15)17/h3-9,11,18H,1-2H3. The molecule has 0 aliphatic heterocycles. The van der Waals surface area contributed by atoms with Crippen LogP contribution in [0.2, 0.25) is 0 Å². The summed E-state index contributed by atoms with van der Waals surface area (Å²) in [5, 5.41) is 3.57. The van der Waals surface area contributed by atoms with Crippen molar-refractivity contribution in [1.82, 2.24) is 0 Å². The quantitative estimate of drug-likeness (QED) is 0.649. The van der Waals surface area contributed by atoms with Crippen molar-refractivity contribution in [2.24, 2.45) is 0 Å². The first-order chi connectivity index (χ1) is 8.58. The Morgan fingerprint density at radius 2 is 1.89 bits per heavy atom. The van der Waals surface area contributed by atoms with E-state index in [0.29, 0.717) is 6.04 Å². The summed E-state index contributed by atoms with van der Waals surface area (Å²) in [6, 6.07) is 15.1. The molecule has 1 N–H and O–H groups in total. The van der Waals surface area contributed by atoms with E-state index in [1.807, 2.05) is 0 Å². The molecular weight excluding hydrogens is 401 g/mol. The molecule has 94 valence electrons. The highest BCUT2D eigenvalue weighted by Crippen LogP contribution is 2.27. The molecule has 0 aliphatic rings. The molecule has 2 aromatic carbocycles. The molecule has 0 bridgehead atoms. The molecule has 1 atom stereocenters. The van der Waals surface area contributed by atoms with Crippen molar-refractivity contribution < 1.29 is 0 Å². The molecule has 1 unspecified atom stereocenters. The van der Waals surface area contributed by atoms with Gasteiger partial charge in [-0.05, 0) is 65.8 Å². The molecule has 0 saturated carbocycles. The van der Waals surface area contributed by atoms with Gasteiger partial charge in [0.1, 0.15) is 0 Å². The first-order valence-corrected chi connectivity index (χ1v) is 7.72. The molecule has 0 amide bonds. The lowest BCUT2D eigenvalue weighted by molar-refractivity contribution is 0.873. The summed E-state index contributed by atoms with van der Waals surface area (Å²) >= 11 is 5.87. The van der Waals surface area contributed by atoms with Crippen LogP contribution in [0.1, 0.15) is 24.1 Å². The minimum Gasteiger partial charge on any atom is -0.378 e. The van der Waals surface area contributed by atoms with Crippen LogP contribution in [0.4, 0.5) is 5.69 Å². The van der Waals surface area contributed by atoms with Crippen molar-refractivity contribution in [2.45, 2.75) is 19.9 Å². The highest BCUT2D eigenvalue weighted by atomic mass is 127. The number of aryl methyl sites for hydroxylation is 1. The molecule has 0 radical (unpaired) electrons. The van der Waals surface area contributed by atoms with E-state index in [4.69, 9.17) is 0 Å². The Morgan fingerprint density at radius 1 is 1.17 bits per heavy atom. The van der Waals surface area contributed by atoms with Crippen LogP contribution in [0.3, 0.4) is 0 Å². The Bertz CT molecular complexity index is 554. The van der Waals surface area contributed by atoms with Gasteiger partial charge in [-0.1, -0.05) is 40.2 Å². The van der Waals surface area contributed by atoms with E-state index >= 15 is 0 Å². The van der Waals surface area contributed by atoms with E-state index < -0.39 is 0 Å². The summed E-state index contributed by atoms with van der Waals surface area (Å²) in [4.78, 5) is 0. The Kier molecular flexibility index (Phi) is 4.67. The minimum atomic E-state index is 0.300. The van der Waals surface area contributed by atoms with E-state index in [1.165, 1.54) is 20.4 Å². The fourth-order valence-electron chi connectivity index (χ4n) is 1.99. The van der Waals surface area contributed by atoms with E-state index in [9.17, 15) is 0 Å². The normalized spacial score (nSPS) is 12.2. The second-order valence-electron chi connectivity index (χ2n) is 4.35.